The van der Waals surface area contributed by atoms with Crippen molar-refractivity contribution in [3.8, 4) is 0 Å². The second-order valence-electron chi connectivity index (χ2n) is 5.32. The molecule has 1 unspecified atom stereocenters. The maximum absolute atomic E-state index is 14.3. The van der Waals surface area contributed by atoms with Crippen molar-refractivity contribution in [2.24, 2.45) is 0 Å². The van der Waals surface area contributed by atoms with E-state index >= 15 is 0 Å². The third-order valence-electron chi connectivity index (χ3n) is 3.95. The Kier molecular flexibility index (Phi) is 5.20. The lowest BCUT2D eigenvalue weighted by molar-refractivity contribution is 0.588. The van der Waals surface area contributed by atoms with Crippen LogP contribution in [0.25, 0.3) is 0 Å². The van der Waals surface area contributed by atoms with Crippen molar-refractivity contribution in [2.75, 3.05) is 18.0 Å². The normalized spacial score (nSPS) is 19.1. The summed E-state index contributed by atoms with van der Waals surface area (Å²) in [5, 5.41) is 3.38. The molecule has 0 aromatic heterocycles. The summed E-state index contributed by atoms with van der Waals surface area (Å²) in [6.45, 7) is 7.06. The molecule has 1 aromatic rings. The maximum atomic E-state index is 14.3. The Morgan fingerprint density at radius 1 is 1.37 bits per heavy atom. The van der Waals surface area contributed by atoms with E-state index in [2.05, 4.69) is 24.1 Å². The molecule has 106 valence electrons. The van der Waals surface area contributed by atoms with Crippen LogP contribution in [0.5, 0.6) is 0 Å². The van der Waals surface area contributed by atoms with Crippen LogP contribution in [0, 0.1) is 5.82 Å². The molecule has 19 heavy (non-hydrogen) atoms. The van der Waals surface area contributed by atoms with E-state index in [-0.39, 0.29) is 5.82 Å². The second kappa shape index (κ2) is 6.90. The summed E-state index contributed by atoms with van der Waals surface area (Å²) < 4.78 is 14.3. The number of hydrogen-bond donors (Lipinski definition) is 1. The number of anilines is 1. The molecule has 1 fully saturated rings. The quantitative estimate of drug-likeness (QED) is 0.788. The molecule has 1 N–H and O–H groups in total. The standard InChI is InChI=1S/C16H25FN2/c1-3-10-18-12-13-7-5-9-15(17)16(13)19-11-6-8-14(19)4-2/h5,7,9,14,18H,3-4,6,8,10-12H2,1-2H3. The number of para-hydroxylation sites is 1. The van der Waals surface area contributed by atoms with E-state index in [1.165, 1.54) is 12.8 Å². The van der Waals surface area contributed by atoms with Crippen molar-refractivity contribution in [1.29, 1.82) is 0 Å². The first-order valence-corrected chi connectivity index (χ1v) is 7.52. The van der Waals surface area contributed by atoms with Crippen molar-refractivity contribution in [3.63, 3.8) is 0 Å². The molecule has 1 atom stereocenters. The first-order valence-electron chi connectivity index (χ1n) is 7.52. The molecule has 0 radical (unpaired) electrons. The van der Waals surface area contributed by atoms with Gasteiger partial charge in [-0.25, -0.2) is 4.39 Å². The van der Waals surface area contributed by atoms with Gasteiger partial charge in [0, 0.05) is 19.1 Å². The minimum absolute atomic E-state index is 0.0730. The molecule has 0 aliphatic carbocycles. The lowest BCUT2D eigenvalue weighted by atomic mass is 10.1. The smallest absolute Gasteiger partial charge is 0.146 e. The van der Waals surface area contributed by atoms with E-state index in [9.17, 15) is 4.39 Å². The Bertz CT molecular complexity index is 406. The van der Waals surface area contributed by atoms with Gasteiger partial charge in [-0.05, 0) is 43.9 Å². The summed E-state index contributed by atoms with van der Waals surface area (Å²) in [5.74, 6) is -0.0730. The van der Waals surface area contributed by atoms with Crippen molar-refractivity contribution in [2.45, 2.75) is 52.1 Å². The lowest BCUT2D eigenvalue weighted by Gasteiger charge is -2.28. The van der Waals surface area contributed by atoms with Crippen LogP contribution in [0.3, 0.4) is 0 Å². The summed E-state index contributed by atoms with van der Waals surface area (Å²) in [5.41, 5.74) is 1.92. The Hall–Kier alpha value is -1.09. The molecule has 1 aromatic carbocycles. The third kappa shape index (κ3) is 3.27. The summed E-state index contributed by atoms with van der Waals surface area (Å²) in [6.07, 6.45) is 4.56. The highest BCUT2D eigenvalue weighted by atomic mass is 19.1. The van der Waals surface area contributed by atoms with Gasteiger partial charge in [0.1, 0.15) is 5.82 Å². The van der Waals surface area contributed by atoms with Crippen molar-refractivity contribution in [1.82, 2.24) is 5.32 Å². The lowest BCUT2D eigenvalue weighted by Crippen LogP contribution is -2.31. The summed E-state index contributed by atoms with van der Waals surface area (Å²) in [6, 6.07) is 5.95. The highest BCUT2D eigenvalue weighted by Crippen LogP contribution is 2.32. The predicted molar refractivity (Wildman–Crippen MR) is 79.1 cm³/mol. The average molecular weight is 264 g/mol. The van der Waals surface area contributed by atoms with Crippen LogP contribution in [0.4, 0.5) is 10.1 Å². The fraction of sp³-hybridized carbons (Fsp3) is 0.625. The van der Waals surface area contributed by atoms with E-state index in [1.807, 2.05) is 12.1 Å². The largest absolute Gasteiger partial charge is 0.366 e. The molecule has 3 heteroatoms. The molecule has 1 aliphatic rings. The molecular weight excluding hydrogens is 239 g/mol. The summed E-state index contributed by atoms with van der Waals surface area (Å²) >= 11 is 0. The number of nitrogens with zero attached hydrogens (tertiary/aromatic N) is 1. The number of halogens is 1. The minimum Gasteiger partial charge on any atom is -0.366 e. The molecule has 2 rings (SSSR count). The Balaban J connectivity index is 2.21. The highest BCUT2D eigenvalue weighted by Gasteiger charge is 2.26. The van der Waals surface area contributed by atoms with Gasteiger partial charge >= 0.3 is 0 Å². The van der Waals surface area contributed by atoms with E-state index in [0.29, 0.717) is 6.04 Å². The Morgan fingerprint density at radius 3 is 2.95 bits per heavy atom. The number of hydrogen-bond acceptors (Lipinski definition) is 2. The van der Waals surface area contributed by atoms with E-state index < -0.39 is 0 Å². The SMILES string of the molecule is CCCNCc1cccc(F)c1N1CCCC1CC. The van der Waals surface area contributed by atoms with Crippen LogP contribution in [0.1, 0.15) is 45.1 Å². The summed E-state index contributed by atoms with van der Waals surface area (Å²) in [7, 11) is 0. The van der Waals surface area contributed by atoms with Gasteiger partial charge in [-0.2, -0.15) is 0 Å². The zero-order valence-corrected chi connectivity index (χ0v) is 12.1. The van der Waals surface area contributed by atoms with Crippen LogP contribution in [-0.4, -0.2) is 19.1 Å². The van der Waals surface area contributed by atoms with Gasteiger partial charge in [-0.15, -0.1) is 0 Å². The van der Waals surface area contributed by atoms with Gasteiger partial charge < -0.3 is 10.2 Å². The molecule has 1 saturated heterocycles. The molecule has 1 heterocycles. The molecule has 1 aliphatic heterocycles. The first kappa shape index (κ1) is 14.3. The number of nitrogens with one attached hydrogen (secondary N) is 1. The topological polar surface area (TPSA) is 15.3 Å². The van der Waals surface area contributed by atoms with Gasteiger partial charge in [-0.3, -0.25) is 0 Å². The first-order chi connectivity index (χ1) is 9.27. The molecule has 2 nitrogen and oxygen atoms in total. The average Bonchev–Trinajstić information content (AvgIpc) is 2.87. The second-order valence-corrected chi connectivity index (χ2v) is 5.32. The van der Waals surface area contributed by atoms with Crippen molar-refractivity contribution >= 4 is 5.69 Å². The highest BCUT2D eigenvalue weighted by molar-refractivity contribution is 5.56. The number of rotatable bonds is 6. The van der Waals surface area contributed by atoms with E-state index in [4.69, 9.17) is 0 Å². The van der Waals surface area contributed by atoms with Crippen LogP contribution >= 0.6 is 0 Å². The van der Waals surface area contributed by atoms with Gasteiger partial charge in [0.05, 0.1) is 5.69 Å². The van der Waals surface area contributed by atoms with Gasteiger partial charge in [-0.1, -0.05) is 26.0 Å². The predicted octanol–water partition coefficient (Wildman–Crippen LogP) is 3.70. The Morgan fingerprint density at radius 2 is 2.21 bits per heavy atom. The molecule has 0 saturated carbocycles. The molecule has 0 spiro atoms. The summed E-state index contributed by atoms with van der Waals surface area (Å²) in [4.78, 5) is 2.28. The molecular formula is C16H25FN2. The Labute approximate surface area is 116 Å². The molecule has 0 bridgehead atoms. The maximum Gasteiger partial charge on any atom is 0.146 e. The minimum atomic E-state index is -0.0730. The zero-order valence-electron chi connectivity index (χ0n) is 12.1. The van der Waals surface area contributed by atoms with Gasteiger partial charge in [0.15, 0.2) is 0 Å². The van der Waals surface area contributed by atoms with Gasteiger partial charge in [0.25, 0.3) is 0 Å². The van der Waals surface area contributed by atoms with Crippen molar-refractivity contribution < 1.29 is 4.39 Å². The fourth-order valence-corrected chi connectivity index (χ4v) is 2.98. The van der Waals surface area contributed by atoms with Crippen molar-refractivity contribution in [3.05, 3.63) is 29.6 Å². The van der Waals surface area contributed by atoms with Crippen LogP contribution < -0.4 is 10.2 Å². The monoisotopic (exact) mass is 264 g/mol. The molecule has 0 amide bonds. The zero-order chi connectivity index (χ0) is 13.7. The van der Waals surface area contributed by atoms with Crippen LogP contribution in [0.2, 0.25) is 0 Å². The fourth-order valence-electron chi connectivity index (χ4n) is 2.98. The van der Waals surface area contributed by atoms with E-state index in [0.717, 1.165) is 43.7 Å². The van der Waals surface area contributed by atoms with Crippen LogP contribution in [-0.2, 0) is 6.54 Å². The third-order valence-corrected chi connectivity index (χ3v) is 3.95. The van der Waals surface area contributed by atoms with E-state index in [1.54, 1.807) is 6.07 Å². The van der Waals surface area contributed by atoms with Crippen LogP contribution in [0.15, 0.2) is 18.2 Å². The van der Waals surface area contributed by atoms with Gasteiger partial charge in [0.2, 0.25) is 0 Å². The number of benzene rings is 1.